The number of rotatable bonds is 5. The molecule has 2 aromatic rings. The number of H-pyrrole nitrogens is 1. The molecule has 0 aliphatic rings. The molecular weight excluding hydrogens is 270 g/mol. The summed E-state index contributed by atoms with van der Waals surface area (Å²) in [5.41, 5.74) is 3.93. The molecule has 2 aromatic heterocycles. The molecule has 0 aliphatic heterocycles. The van der Waals surface area contributed by atoms with Gasteiger partial charge in [-0.2, -0.15) is 10.2 Å². The maximum Gasteiger partial charge on any atom is 0.269 e. The van der Waals surface area contributed by atoms with Crippen LogP contribution in [0.5, 0.6) is 0 Å². The van der Waals surface area contributed by atoms with Crippen LogP contribution >= 0.6 is 0 Å². The number of nitrogens with one attached hydrogen (secondary N) is 2. The van der Waals surface area contributed by atoms with Gasteiger partial charge in [0.1, 0.15) is 5.69 Å². The molecule has 2 rings (SSSR count). The molecule has 1 amide bonds. The summed E-state index contributed by atoms with van der Waals surface area (Å²) >= 11 is 0. The number of aromatic nitrogens is 4. The fourth-order valence-electron chi connectivity index (χ4n) is 2.20. The zero-order chi connectivity index (χ0) is 15.6. The van der Waals surface area contributed by atoms with Gasteiger partial charge in [-0.3, -0.25) is 14.6 Å². The number of amides is 1. The zero-order valence-corrected chi connectivity index (χ0v) is 12.8. The number of carbonyl (C=O) groups is 1. The van der Waals surface area contributed by atoms with Crippen LogP contribution in [0.2, 0.25) is 0 Å². The van der Waals surface area contributed by atoms with Gasteiger partial charge < -0.3 is 10.4 Å². The molecule has 0 aliphatic carbocycles. The van der Waals surface area contributed by atoms with Gasteiger partial charge in [-0.05, 0) is 33.3 Å². The van der Waals surface area contributed by atoms with Crippen LogP contribution in [0.4, 0.5) is 0 Å². The van der Waals surface area contributed by atoms with E-state index in [0.29, 0.717) is 24.4 Å². The zero-order valence-electron chi connectivity index (χ0n) is 12.8. The van der Waals surface area contributed by atoms with Gasteiger partial charge in [0.05, 0.1) is 17.5 Å². The predicted molar refractivity (Wildman–Crippen MR) is 78.9 cm³/mol. The van der Waals surface area contributed by atoms with Crippen LogP contribution in [0.25, 0.3) is 11.3 Å². The maximum absolute atomic E-state index is 12.0. The number of carbonyl (C=O) groups excluding carboxylic acids is 1. The fraction of sp³-hybridized carbons (Fsp3) is 0.500. The number of hydrogen-bond acceptors (Lipinski definition) is 4. The largest absolute Gasteiger partial charge is 0.393 e. The van der Waals surface area contributed by atoms with E-state index in [9.17, 15) is 9.90 Å². The Morgan fingerprint density at radius 1 is 1.52 bits per heavy atom. The molecule has 7 heteroatoms. The fourth-order valence-corrected chi connectivity index (χ4v) is 2.20. The molecule has 114 valence electrons. The number of aliphatic hydroxyl groups is 1. The van der Waals surface area contributed by atoms with E-state index in [0.717, 1.165) is 17.0 Å². The first-order valence-corrected chi connectivity index (χ1v) is 6.92. The summed E-state index contributed by atoms with van der Waals surface area (Å²) in [5, 5.41) is 23.2. The summed E-state index contributed by atoms with van der Waals surface area (Å²) in [7, 11) is 1.88. The van der Waals surface area contributed by atoms with Crippen LogP contribution in [-0.2, 0) is 7.05 Å². The van der Waals surface area contributed by atoms with Crippen molar-refractivity contribution >= 4 is 5.91 Å². The quantitative estimate of drug-likeness (QED) is 0.763. The lowest BCUT2D eigenvalue weighted by atomic mass is 10.1. The molecule has 1 atom stereocenters. The second-order valence-corrected chi connectivity index (χ2v) is 5.23. The van der Waals surface area contributed by atoms with Gasteiger partial charge in [-0.25, -0.2) is 0 Å². The van der Waals surface area contributed by atoms with Crippen LogP contribution < -0.4 is 5.32 Å². The highest BCUT2D eigenvalue weighted by atomic mass is 16.3. The van der Waals surface area contributed by atoms with E-state index in [1.165, 1.54) is 0 Å². The average molecular weight is 291 g/mol. The van der Waals surface area contributed by atoms with E-state index in [1.807, 2.05) is 20.9 Å². The Labute approximate surface area is 123 Å². The Morgan fingerprint density at radius 2 is 2.24 bits per heavy atom. The Hall–Kier alpha value is -2.15. The monoisotopic (exact) mass is 291 g/mol. The second kappa shape index (κ2) is 6.09. The Balaban J connectivity index is 2.13. The van der Waals surface area contributed by atoms with Crippen LogP contribution in [-0.4, -0.2) is 43.6 Å². The number of nitrogens with zero attached hydrogens (tertiary/aromatic N) is 3. The number of aryl methyl sites for hydroxylation is 2. The smallest absolute Gasteiger partial charge is 0.269 e. The average Bonchev–Trinajstić information content (AvgIpc) is 2.95. The van der Waals surface area contributed by atoms with E-state index in [-0.39, 0.29) is 5.91 Å². The summed E-state index contributed by atoms with van der Waals surface area (Å²) in [6, 6.07) is 1.72. The van der Waals surface area contributed by atoms with Crippen LogP contribution in [0.1, 0.15) is 35.2 Å². The molecule has 0 saturated carbocycles. The summed E-state index contributed by atoms with van der Waals surface area (Å²) in [4.78, 5) is 12.0. The molecule has 1 unspecified atom stereocenters. The number of aliphatic hydroxyl groups excluding tert-OH is 1. The highest BCUT2D eigenvalue weighted by Crippen LogP contribution is 2.25. The highest BCUT2D eigenvalue weighted by Gasteiger charge is 2.17. The Kier molecular flexibility index (Phi) is 4.42. The lowest BCUT2D eigenvalue weighted by Crippen LogP contribution is -2.26. The van der Waals surface area contributed by atoms with Gasteiger partial charge in [0.2, 0.25) is 0 Å². The normalized spacial score (nSPS) is 12.4. The van der Waals surface area contributed by atoms with Crippen molar-refractivity contribution < 1.29 is 9.90 Å². The first-order valence-electron chi connectivity index (χ1n) is 6.92. The molecule has 0 bridgehead atoms. The van der Waals surface area contributed by atoms with E-state index in [4.69, 9.17) is 0 Å². The van der Waals surface area contributed by atoms with Crippen LogP contribution in [0.15, 0.2) is 6.07 Å². The topological polar surface area (TPSA) is 95.8 Å². The Bertz CT molecular complexity index is 642. The summed E-state index contributed by atoms with van der Waals surface area (Å²) in [6.07, 6.45) is 0.0939. The minimum atomic E-state index is -0.427. The van der Waals surface area contributed by atoms with Gasteiger partial charge in [-0.15, -0.1) is 0 Å². The minimum Gasteiger partial charge on any atom is -0.393 e. The molecule has 3 N–H and O–H groups in total. The lowest BCUT2D eigenvalue weighted by Gasteiger charge is -2.04. The number of hydrogen-bond donors (Lipinski definition) is 3. The SMILES string of the molecule is Cc1nn(C)c(C)c1-c1cc(C(=O)NCCC(C)O)[nH]n1. The van der Waals surface area contributed by atoms with Crippen molar-refractivity contribution in [2.24, 2.45) is 7.05 Å². The highest BCUT2D eigenvalue weighted by molar-refractivity contribution is 5.93. The van der Waals surface area contributed by atoms with Crippen LogP contribution in [0, 0.1) is 13.8 Å². The first kappa shape index (κ1) is 15.2. The predicted octanol–water partition coefficient (Wildman–Crippen LogP) is 0.928. The molecule has 2 heterocycles. The van der Waals surface area contributed by atoms with Crippen molar-refractivity contribution in [2.45, 2.75) is 33.3 Å². The van der Waals surface area contributed by atoms with E-state index >= 15 is 0 Å². The third-order valence-electron chi connectivity index (χ3n) is 3.44. The van der Waals surface area contributed by atoms with Crippen molar-refractivity contribution in [3.63, 3.8) is 0 Å². The van der Waals surface area contributed by atoms with Gasteiger partial charge >= 0.3 is 0 Å². The van der Waals surface area contributed by atoms with Gasteiger partial charge in [-0.1, -0.05) is 0 Å². The lowest BCUT2D eigenvalue weighted by molar-refractivity contribution is 0.0940. The molecule has 21 heavy (non-hydrogen) atoms. The number of aromatic amines is 1. The minimum absolute atomic E-state index is 0.228. The molecule has 7 nitrogen and oxygen atoms in total. The third kappa shape index (κ3) is 3.30. The van der Waals surface area contributed by atoms with E-state index < -0.39 is 6.10 Å². The summed E-state index contributed by atoms with van der Waals surface area (Å²) in [6.45, 7) is 6.00. The third-order valence-corrected chi connectivity index (χ3v) is 3.44. The standard InChI is InChI=1S/C14H21N5O2/c1-8(20)5-6-15-14(21)12-7-11(16-17-12)13-9(2)18-19(4)10(13)3/h7-8,20H,5-6H2,1-4H3,(H,15,21)(H,16,17). The van der Waals surface area contributed by atoms with Crippen molar-refractivity contribution in [1.82, 2.24) is 25.3 Å². The van der Waals surface area contributed by atoms with Gasteiger partial charge in [0.15, 0.2) is 0 Å². The van der Waals surface area contributed by atoms with Crippen molar-refractivity contribution in [1.29, 1.82) is 0 Å². The van der Waals surface area contributed by atoms with Crippen molar-refractivity contribution in [3.05, 3.63) is 23.1 Å². The molecule has 0 spiro atoms. The van der Waals surface area contributed by atoms with E-state index in [2.05, 4.69) is 20.6 Å². The van der Waals surface area contributed by atoms with E-state index in [1.54, 1.807) is 17.7 Å². The molecule has 0 fully saturated rings. The molecule has 0 saturated heterocycles. The van der Waals surface area contributed by atoms with Gasteiger partial charge in [0.25, 0.3) is 5.91 Å². The molecular formula is C14H21N5O2. The summed E-state index contributed by atoms with van der Waals surface area (Å²) < 4.78 is 1.79. The van der Waals surface area contributed by atoms with Crippen molar-refractivity contribution in [2.75, 3.05) is 6.54 Å². The van der Waals surface area contributed by atoms with Crippen molar-refractivity contribution in [3.8, 4) is 11.3 Å². The maximum atomic E-state index is 12.0. The second-order valence-electron chi connectivity index (χ2n) is 5.23. The Morgan fingerprint density at radius 3 is 2.81 bits per heavy atom. The van der Waals surface area contributed by atoms with Gasteiger partial charge in [0, 0.05) is 24.8 Å². The van der Waals surface area contributed by atoms with Crippen LogP contribution in [0.3, 0.4) is 0 Å². The molecule has 0 radical (unpaired) electrons. The first-order chi connectivity index (χ1) is 9.90. The summed E-state index contributed by atoms with van der Waals surface area (Å²) in [5.74, 6) is -0.228. The molecule has 0 aromatic carbocycles.